The lowest BCUT2D eigenvalue weighted by molar-refractivity contribution is 0.101. The van der Waals surface area contributed by atoms with Gasteiger partial charge in [-0.1, -0.05) is 62.4 Å². The number of hydrogen-bond donors (Lipinski definition) is 0. The summed E-state index contributed by atoms with van der Waals surface area (Å²) in [6.07, 6.45) is 0. The summed E-state index contributed by atoms with van der Waals surface area (Å²) in [6, 6.07) is 16.2. The molecule has 0 aromatic heterocycles. The Morgan fingerprint density at radius 2 is 1.61 bits per heavy atom. The van der Waals surface area contributed by atoms with E-state index >= 15 is 0 Å². The number of rotatable bonds is 3. The molecule has 0 N–H and O–H groups in total. The summed E-state index contributed by atoms with van der Waals surface area (Å²) in [5, 5.41) is 0. The van der Waals surface area contributed by atoms with Gasteiger partial charge in [0, 0.05) is 5.56 Å². The van der Waals surface area contributed by atoms with Gasteiger partial charge in [0.1, 0.15) is 0 Å². The maximum Gasteiger partial charge on any atom is 0.160 e. The Morgan fingerprint density at radius 3 is 2.17 bits per heavy atom. The largest absolute Gasteiger partial charge is 0.295 e. The molecular formula is C17H18O. The zero-order valence-electron chi connectivity index (χ0n) is 11.1. The van der Waals surface area contributed by atoms with Crippen molar-refractivity contribution in [3.05, 3.63) is 59.7 Å². The molecule has 0 heterocycles. The zero-order valence-corrected chi connectivity index (χ0v) is 11.1. The lowest BCUT2D eigenvalue weighted by atomic mass is 9.87. The van der Waals surface area contributed by atoms with Crippen molar-refractivity contribution < 1.29 is 4.79 Å². The maximum atomic E-state index is 11.8. The molecule has 1 nitrogen and oxygen atoms in total. The van der Waals surface area contributed by atoms with Crippen LogP contribution in [0.2, 0.25) is 0 Å². The van der Waals surface area contributed by atoms with E-state index in [2.05, 4.69) is 32.0 Å². The van der Waals surface area contributed by atoms with Crippen LogP contribution >= 0.6 is 0 Å². The first kappa shape index (κ1) is 12.6. The fourth-order valence-corrected chi connectivity index (χ4v) is 2.36. The Labute approximate surface area is 108 Å². The van der Waals surface area contributed by atoms with Crippen molar-refractivity contribution in [2.45, 2.75) is 26.7 Å². The van der Waals surface area contributed by atoms with Crippen LogP contribution in [0.15, 0.2) is 48.5 Å². The first-order valence-electron chi connectivity index (χ1n) is 6.30. The molecule has 92 valence electrons. The van der Waals surface area contributed by atoms with Gasteiger partial charge in [0.2, 0.25) is 0 Å². The van der Waals surface area contributed by atoms with Gasteiger partial charge in [0.15, 0.2) is 5.78 Å². The summed E-state index contributed by atoms with van der Waals surface area (Å²) in [6.45, 7) is 5.90. The Hall–Kier alpha value is -1.89. The average molecular weight is 238 g/mol. The van der Waals surface area contributed by atoms with Gasteiger partial charge in [0.25, 0.3) is 0 Å². The van der Waals surface area contributed by atoms with Crippen LogP contribution in [0.4, 0.5) is 0 Å². The third kappa shape index (κ3) is 2.35. The molecular weight excluding hydrogens is 220 g/mol. The Kier molecular flexibility index (Phi) is 3.61. The van der Waals surface area contributed by atoms with Gasteiger partial charge in [-0.05, 0) is 29.5 Å². The number of benzene rings is 2. The van der Waals surface area contributed by atoms with Gasteiger partial charge < -0.3 is 0 Å². The van der Waals surface area contributed by atoms with Crippen LogP contribution in [0, 0.1) is 0 Å². The van der Waals surface area contributed by atoms with Crippen LogP contribution in [-0.4, -0.2) is 5.78 Å². The number of carbonyl (C=O) groups excluding carboxylic acids is 1. The Balaban J connectivity index is 2.68. The highest BCUT2D eigenvalue weighted by molar-refractivity contribution is 5.97. The summed E-state index contributed by atoms with van der Waals surface area (Å²) in [5.74, 6) is 0.469. The minimum atomic E-state index is 0.136. The molecule has 0 amide bonds. The van der Waals surface area contributed by atoms with E-state index in [1.54, 1.807) is 6.92 Å². The second-order valence-electron chi connectivity index (χ2n) is 4.84. The molecule has 0 bridgehead atoms. The van der Waals surface area contributed by atoms with Crippen LogP contribution < -0.4 is 0 Å². The summed E-state index contributed by atoms with van der Waals surface area (Å²) in [7, 11) is 0. The van der Waals surface area contributed by atoms with Gasteiger partial charge in [-0.15, -0.1) is 0 Å². The molecule has 0 unspecified atom stereocenters. The molecule has 2 rings (SSSR count). The lowest BCUT2D eigenvalue weighted by Crippen LogP contribution is -2.03. The average Bonchev–Trinajstić information content (AvgIpc) is 2.38. The molecule has 0 aliphatic carbocycles. The standard InChI is InChI=1S/C17H18O/c1-12(2)17-15(13(3)18)10-7-11-16(17)14-8-5-4-6-9-14/h4-12H,1-3H3. The SMILES string of the molecule is CC(=O)c1cccc(-c2ccccc2)c1C(C)C. The fraction of sp³-hybridized carbons (Fsp3) is 0.235. The normalized spacial score (nSPS) is 10.7. The Bertz CT molecular complexity index is 553. The van der Waals surface area contributed by atoms with Gasteiger partial charge >= 0.3 is 0 Å². The summed E-state index contributed by atoms with van der Waals surface area (Å²) < 4.78 is 0. The van der Waals surface area contributed by atoms with Crippen molar-refractivity contribution in [2.24, 2.45) is 0 Å². The van der Waals surface area contributed by atoms with E-state index < -0.39 is 0 Å². The van der Waals surface area contributed by atoms with E-state index in [4.69, 9.17) is 0 Å². The molecule has 2 aromatic rings. The first-order chi connectivity index (χ1) is 8.61. The summed E-state index contributed by atoms with van der Waals surface area (Å²) in [5.41, 5.74) is 4.32. The molecule has 0 saturated heterocycles. The van der Waals surface area contributed by atoms with Crippen molar-refractivity contribution in [3.8, 4) is 11.1 Å². The molecule has 1 heteroatoms. The number of carbonyl (C=O) groups is 1. The Morgan fingerprint density at radius 1 is 0.944 bits per heavy atom. The number of ketones is 1. The van der Waals surface area contributed by atoms with Gasteiger partial charge in [-0.2, -0.15) is 0 Å². The van der Waals surface area contributed by atoms with E-state index in [0.29, 0.717) is 5.92 Å². The molecule has 0 atom stereocenters. The van der Waals surface area contributed by atoms with Gasteiger partial charge in [0.05, 0.1) is 0 Å². The molecule has 0 saturated carbocycles. The van der Waals surface area contributed by atoms with Crippen molar-refractivity contribution in [1.82, 2.24) is 0 Å². The zero-order chi connectivity index (χ0) is 13.1. The van der Waals surface area contributed by atoms with Crippen LogP contribution in [0.5, 0.6) is 0 Å². The fourth-order valence-electron chi connectivity index (χ4n) is 2.36. The molecule has 0 spiro atoms. The van der Waals surface area contributed by atoms with Crippen LogP contribution in [0.25, 0.3) is 11.1 Å². The van der Waals surface area contributed by atoms with Crippen LogP contribution in [0.3, 0.4) is 0 Å². The van der Waals surface area contributed by atoms with E-state index in [1.807, 2.05) is 30.3 Å². The lowest BCUT2D eigenvalue weighted by Gasteiger charge is -2.16. The molecule has 0 aliphatic rings. The predicted octanol–water partition coefficient (Wildman–Crippen LogP) is 4.68. The van der Waals surface area contributed by atoms with Crippen molar-refractivity contribution in [1.29, 1.82) is 0 Å². The van der Waals surface area contributed by atoms with E-state index in [1.165, 1.54) is 11.1 Å². The maximum absolute atomic E-state index is 11.8. The smallest absolute Gasteiger partial charge is 0.160 e. The van der Waals surface area contributed by atoms with E-state index in [-0.39, 0.29) is 5.78 Å². The van der Waals surface area contributed by atoms with Gasteiger partial charge in [-0.25, -0.2) is 0 Å². The first-order valence-corrected chi connectivity index (χ1v) is 6.30. The highest BCUT2D eigenvalue weighted by Gasteiger charge is 2.15. The minimum absolute atomic E-state index is 0.136. The molecule has 0 fully saturated rings. The molecule has 2 aromatic carbocycles. The second-order valence-corrected chi connectivity index (χ2v) is 4.84. The molecule has 0 aliphatic heterocycles. The van der Waals surface area contributed by atoms with Crippen molar-refractivity contribution >= 4 is 5.78 Å². The minimum Gasteiger partial charge on any atom is -0.295 e. The number of hydrogen-bond acceptors (Lipinski definition) is 1. The highest BCUT2D eigenvalue weighted by Crippen LogP contribution is 2.32. The topological polar surface area (TPSA) is 17.1 Å². The monoisotopic (exact) mass is 238 g/mol. The molecule has 0 radical (unpaired) electrons. The number of Topliss-reactive ketones (excluding diaryl/α,β-unsaturated/α-hetero) is 1. The summed E-state index contributed by atoms with van der Waals surface area (Å²) in [4.78, 5) is 11.8. The molecule has 18 heavy (non-hydrogen) atoms. The van der Waals surface area contributed by atoms with Crippen LogP contribution in [0.1, 0.15) is 42.6 Å². The van der Waals surface area contributed by atoms with Crippen LogP contribution in [-0.2, 0) is 0 Å². The van der Waals surface area contributed by atoms with E-state index in [9.17, 15) is 4.79 Å². The third-order valence-electron chi connectivity index (χ3n) is 3.15. The van der Waals surface area contributed by atoms with E-state index in [0.717, 1.165) is 11.1 Å². The third-order valence-corrected chi connectivity index (χ3v) is 3.15. The second kappa shape index (κ2) is 5.18. The summed E-state index contributed by atoms with van der Waals surface area (Å²) >= 11 is 0. The quantitative estimate of drug-likeness (QED) is 0.709. The predicted molar refractivity (Wildman–Crippen MR) is 76.0 cm³/mol. The van der Waals surface area contributed by atoms with Gasteiger partial charge in [-0.3, -0.25) is 4.79 Å². The highest BCUT2D eigenvalue weighted by atomic mass is 16.1. The van der Waals surface area contributed by atoms with Crippen molar-refractivity contribution in [2.75, 3.05) is 0 Å². The van der Waals surface area contributed by atoms with Crippen molar-refractivity contribution in [3.63, 3.8) is 0 Å².